The number of ether oxygens (including phenoxy) is 3. The molecule has 1 saturated heterocycles. The Bertz CT molecular complexity index is 457. The molecule has 1 N–H and O–H groups in total. The molecule has 1 fully saturated rings. The van der Waals surface area contributed by atoms with Crippen LogP contribution in [0, 0.1) is 0 Å². The molecule has 0 radical (unpaired) electrons. The van der Waals surface area contributed by atoms with Gasteiger partial charge >= 0.3 is 0 Å². The fourth-order valence-electron chi connectivity index (χ4n) is 2.48. The Morgan fingerprint density at radius 2 is 1.84 bits per heavy atom. The summed E-state index contributed by atoms with van der Waals surface area (Å²) >= 11 is 6.24. The van der Waals surface area contributed by atoms with E-state index in [1.807, 2.05) is 0 Å². The SMILES string of the molecule is OC(c1cc2c(cc1Cl)OCCCO2)C1CCCO1. The summed E-state index contributed by atoms with van der Waals surface area (Å²) in [5.74, 6) is 1.29. The molecule has 0 amide bonds. The third-order valence-corrected chi connectivity index (χ3v) is 3.83. The van der Waals surface area contributed by atoms with E-state index in [9.17, 15) is 5.11 Å². The number of aliphatic hydroxyl groups excluding tert-OH is 1. The molecule has 2 atom stereocenters. The fourth-order valence-corrected chi connectivity index (χ4v) is 2.74. The smallest absolute Gasteiger partial charge is 0.162 e. The Balaban J connectivity index is 1.90. The molecule has 0 aromatic heterocycles. The van der Waals surface area contributed by atoms with Gasteiger partial charge in [-0.2, -0.15) is 0 Å². The van der Waals surface area contributed by atoms with Gasteiger partial charge in [0.25, 0.3) is 0 Å². The zero-order valence-electron chi connectivity index (χ0n) is 10.6. The highest BCUT2D eigenvalue weighted by Gasteiger charge is 2.28. The van der Waals surface area contributed by atoms with Crippen molar-refractivity contribution in [3.05, 3.63) is 22.7 Å². The summed E-state index contributed by atoms with van der Waals surface area (Å²) < 4.78 is 16.7. The molecular formula is C14H17ClO4. The summed E-state index contributed by atoms with van der Waals surface area (Å²) in [4.78, 5) is 0. The monoisotopic (exact) mass is 284 g/mol. The van der Waals surface area contributed by atoms with Gasteiger partial charge in [0.15, 0.2) is 11.5 Å². The highest BCUT2D eigenvalue weighted by atomic mass is 35.5. The van der Waals surface area contributed by atoms with E-state index in [2.05, 4.69) is 0 Å². The quantitative estimate of drug-likeness (QED) is 0.907. The molecule has 0 bridgehead atoms. The maximum absolute atomic E-state index is 10.4. The molecular weight excluding hydrogens is 268 g/mol. The first-order valence-corrected chi connectivity index (χ1v) is 7.02. The van der Waals surface area contributed by atoms with Crippen molar-refractivity contribution < 1.29 is 19.3 Å². The molecule has 0 saturated carbocycles. The molecule has 2 heterocycles. The van der Waals surface area contributed by atoms with Crippen molar-refractivity contribution in [2.45, 2.75) is 31.5 Å². The van der Waals surface area contributed by atoms with Gasteiger partial charge < -0.3 is 19.3 Å². The van der Waals surface area contributed by atoms with E-state index in [4.69, 9.17) is 25.8 Å². The number of halogens is 1. The highest BCUT2D eigenvalue weighted by Crippen LogP contribution is 2.39. The average Bonchev–Trinajstić information content (AvgIpc) is 2.84. The molecule has 2 aliphatic rings. The predicted octanol–water partition coefficient (Wildman–Crippen LogP) is 2.71. The van der Waals surface area contributed by atoms with E-state index >= 15 is 0 Å². The third-order valence-electron chi connectivity index (χ3n) is 3.50. The largest absolute Gasteiger partial charge is 0.490 e. The first-order chi connectivity index (χ1) is 9.25. The molecule has 2 aliphatic heterocycles. The molecule has 19 heavy (non-hydrogen) atoms. The van der Waals surface area contributed by atoms with E-state index < -0.39 is 6.10 Å². The molecule has 0 aliphatic carbocycles. The summed E-state index contributed by atoms with van der Waals surface area (Å²) in [6.45, 7) is 1.94. The van der Waals surface area contributed by atoms with Crippen LogP contribution in [-0.4, -0.2) is 31.0 Å². The third kappa shape index (κ3) is 2.66. The molecule has 104 valence electrons. The first kappa shape index (κ1) is 13.0. The lowest BCUT2D eigenvalue weighted by molar-refractivity contribution is -0.00264. The lowest BCUT2D eigenvalue weighted by Gasteiger charge is -2.20. The maximum Gasteiger partial charge on any atom is 0.162 e. The predicted molar refractivity (Wildman–Crippen MR) is 71.0 cm³/mol. The molecule has 2 unspecified atom stereocenters. The molecule has 1 aromatic rings. The standard InChI is InChI=1S/C14H17ClO4/c15-10-8-13-12(18-5-2-6-19-13)7-9(10)14(16)11-3-1-4-17-11/h7-8,11,14,16H,1-6H2. The Morgan fingerprint density at radius 1 is 1.11 bits per heavy atom. The first-order valence-electron chi connectivity index (χ1n) is 6.64. The average molecular weight is 285 g/mol. The van der Waals surface area contributed by atoms with Gasteiger partial charge in [-0.25, -0.2) is 0 Å². The van der Waals surface area contributed by atoms with Crippen LogP contribution in [0.5, 0.6) is 11.5 Å². The van der Waals surface area contributed by atoms with Gasteiger partial charge in [0.2, 0.25) is 0 Å². The van der Waals surface area contributed by atoms with Crippen molar-refractivity contribution in [3.63, 3.8) is 0 Å². The van der Waals surface area contributed by atoms with E-state index in [1.54, 1.807) is 12.1 Å². The van der Waals surface area contributed by atoms with Crippen LogP contribution in [-0.2, 0) is 4.74 Å². The summed E-state index contributed by atoms with van der Waals surface area (Å²) in [7, 11) is 0. The van der Waals surface area contributed by atoms with Gasteiger partial charge in [0.1, 0.15) is 6.10 Å². The van der Waals surface area contributed by atoms with Gasteiger partial charge in [0, 0.05) is 24.7 Å². The van der Waals surface area contributed by atoms with Gasteiger partial charge in [0.05, 0.1) is 24.3 Å². The molecule has 3 rings (SSSR count). The number of aliphatic hydroxyl groups is 1. The maximum atomic E-state index is 10.4. The Kier molecular flexibility index (Phi) is 3.82. The second-order valence-electron chi connectivity index (χ2n) is 4.87. The minimum absolute atomic E-state index is 0.178. The van der Waals surface area contributed by atoms with Crippen molar-refractivity contribution in [1.82, 2.24) is 0 Å². The highest BCUT2D eigenvalue weighted by molar-refractivity contribution is 6.31. The molecule has 4 nitrogen and oxygen atoms in total. The second-order valence-corrected chi connectivity index (χ2v) is 5.27. The van der Waals surface area contributed by atoms with Crippen LogP contribution in [0.25, 0.3) is 0 Å². The Labute approximate surface area is 117 Å². The van der Waals surface area contributed by atoms with Crippen LogP contribution in [0.15, 0.2) is 12.1 Å². The van der Waals surface area contributed by atoms with Gasteiger partial charge in [-0.15, -0.1) is 0 Å². The Morgan fingerprint density at radius 3 is 2.53 bits per heavy atom. The van der Waals surface area contributed by atoms with Crippen LogP contribution in [0.1, 0.15) is 30.9 Å². The van der Waals surface area contributed by atoms with Crippen LogP contribution >= 0.6 is 11.6 Å². The summed E-state index contributed by atoms with van der Waals surface area (Å²) in [5, 5.41) is 10.9. The molecule has 0 spiro atoms. The van der Waals surface area contributed by atoms with E-state index in [0.29, 0.717) is 41.9 Å². The van der Waals surface area contributed by atoms with E-state index in [0.717, 1.165) is 19.3 Å². The summed E-state index contributed by atoms with van der Waals surface area (Å²) in [6, 6.07) is 3.49. The van der Waals surface area contributed by atoms with Gasteiger partial charge in [-0.1, -0.05) is 11.6 Å². The van der Waals surface area contributed by atoms with Crippen molar-refractivity contribution in [3.8, 4) is 11.5 Å². The number of benzene rings is 1. The summed E-state index contributed by atoms with van der Waals surface area (Å²) in [6.07, 6.45) is 1.78. The van der Waals surface area contributed by atoms with Gasteiger partial charge in [-0.3, -0.25) is 0 Å². The van der Waals surface area contributed by atoms with Crippen molar-refractivity contribution in [1.29, 1.82) is 0 Å². The number of rotatable bonds is 2. The normalized spacial score (nSPS) is 24.0. The lowest BCUT2D eigenvalue weighted by Crippen LogP contribution is -2.17. The minimum Gasteiger partial charge on any atom is -0.490 e. The van der Waals surface area contributed by atoms with E-state index in [-0.39, 0.29) is 6.10 Å². The minimum atomic E-state index is -0.716. The number of hydrogen-bond acceptors (Lipinski definition) is 4. The number of hydrogen-bond donors (Lipinski definition) is 1. The molecule has 5 heteroatoms. The van der Waals surface area contributed by atoms with Crippen LogP contribution in [0.4, 0.5) is 0 Å². The van der Waals surface area contributed by atoms with Crippen LogP contribution in [0.2, 0.25) is 5.02 Å². The lowest BCUT2D eigenvalue weighted by atomic mass is 10.0. The van der Waals surface area contributed by atoms with E-state index in [1.165, 1.54) is 0 Å². The van der Waals surface area contributed by atoms with Crippen molar-refractivity contribution in [2.75, 3.05) is 19.8 Å². The zero-order chi connectivity index (χ0) is 13.2. The number of fused-ring (bicyclic) bond motifs is 1. The van der Waals surface area contributed by atoms with Crippen LogP contribution < -0.4 is 9.47 Å². The topological polar surface area (TPSA) is 47.9 Å². The van der Waals surface area contributed by atoms with Crippen molar-refractivity contribution in [2.24, 2.45) is 0 Å². The molecule has 1 aromatic carbocycles. The zero-order valence-corrected chi connectivity index (χ0v) is 11.4. The second kappa shape index (κ2) is 5.57. The Hall–Kier alpha value is -0.970. The summed E-state index contributed by atoms with van der Waals surface area (Å²) in [5.41, 5.74) is 0.651. The van der Waals surface area contributed by atoms with Gasteiger partial charge in [-0.05, 0) is 18.9 Å². The van der Waals surface area contributed by atoms with Crippen LogP contribution in [0.3, 0.4) is 0 Å². The van der Waals surface area contributed by atoms with Crippen molar-refractivity contribution >= 4 is 11.6 Å². The fraction of sp³-hybridized carbons (Fsp3) is 0.571.